The Kier molecular flexibility index (Phi) is 29.1. The van der Waals surface area contributed by atoms with Gasteiger partial charge in [0.05, 0.1) is 0 Å². The number of rotatable bonds is 4. The predicted molar refractivity (Wildman–Crippen MR) is 79.4 cm³/mol. The maximum Gasteiger partial charge on any atom is 4.00 e. The first-order valence-corrected chi connectivity index (χ1v) is 7.41. The van der Waals surface area contributed by atoms with E-state index in [2.05, 4.69) is 0 Å². The number of aliphatic carboxylic acids is 4. The summed E-state index contributed by atoms with van der Waals surface area (Å²) in [7, 11) is 0. The van der Waals surface area contributed by atoms with Crippen molar-refractivity contribution in [2.45, 2.75) is 55.4 Å². The molecule has 0 aliphatic rings. The molecule has 0 aromatic heterocycles. The molecular weight excluding hydrogens is 499 g/mol. The number of carboxylic acids is 4. The zero-order chi connectivity index (χ0) is 20.6. The third kappa shape index (κ3) is 45.0. The van der Waals surface area contributed by atoms with Gasteiger partial charge in [0.1, 0.15) is 0 Å². The van der Waals surface area contributed by atoms with Gasteiger partial charge in [0, 0.05) is 23.9 Å². The number of carboxylic acid groups (broad SMARTS) is 4. The first kappa shape index (κ1) is 35.0. The Labute approximate surface area is 168 Å². The summed E-state index contributed by atoms with van der Waals surface area (Å²) in [5.74, 6) is -5.33. The van der Waals surface area contributed by atoms with E-state index in [1.165, 1.54) is 0 Å². The normalized spacial score (nSPS) is 8.80. The van der Waals surface area contributed by atoms with Gasteiger partial charge >= 0.3 is 25.8 Å². The topological polar surface area (TPSA) is 161 Å². The maximum absolute atomic E-state index is 9.59. The number of carbonyl (C=O) groups is 4. The Morgan fingerprint density at radius 3 is 0.480 bits per heavy atom. The van der Waals surface area contributed by atoms with E-state index in [9.17, 15) is 39.6 Å². The first-order chi connectivity index (χ1) is 10.6. The van der Waals surface area contributed by atoms with E-state index in [4.69, 9.17) is 0 Å². The molecule has 0 saturated carbocycles. The van der Waals surface area contributed by atoms with Crippen molar-refractivity contribution in [2.75, 3.05) is 0 Å². The molecule has 0 bridgehead atoms. The molecular formula is C16H28HfO8. The van der Waals surface area contributed by atoms with Crippen LogP contribution in [-0.4, -0.2) is 23.9 Å². The minimum absolute atomic E-state index is 0. The van der Waals surface area contributed by atoms with Gasteiger partial charge < -0.3 is 39.6 Å². The molecule has 0 rings (SSSR count). The summed E-state index contributed by atoms with van der Waals surface area (Å²) in [5.41, 5.74) is 0. The Balaban J connectivity index is -0.0000000702. The summed E-state index contributed by atoms with van der Waals surface area (Å²) >= 11 is 0. The molecule has 8 nitrogen and oxygen atoms in total. The van der Waals surface area contributed by atoms with E-state index < -0.39 is 23.9 Å². The van der Waals surface area contributed by atoms with Gasteiger partial charge in [-0.25, -0.2) is 0 Å². The van der Waals surface area contributed by atoms with Gasteiger partial charge in [-0.3, -0.25) is 0 Å². The summed E-state index contributed by atoms with van der Waals surface area (Å²) in [4.78, 5) is 38.4. The average Bonchev–Trinajstić information content (AvgIpc) is 2.40. The van der Waals surface area contributed by atoms with Gasteiger partial charge in [-0.15, -0.1) is 0 Å². The summed E-state index contributed by atoms with van der Waals surface area (Å²) in [6, 6.07) is 0. The van der Waals surface area contributed by atoms with Crippen LogP contribution in [0.15, 0.2) is 0 Å². The molecule has 0 saturated heterocycles. The van der Waals surface area contributed by atoms with E-state index in [0.717, 1.165) is 0 Å². The monoisotopic (exact) mass is 528 g/mol. The van der Waals surface area contributed by atoms with Gasteiger partial charge in [0.25, 0.3) is 0 Å². The average molecular weight is 527 g/mol. The summed E-state index contributed by atoms with van der Waals surface area (Å²) in [6.07, 6.45) is 0. The fraction of sp³-hybridized carbons (Fsp3) is 0.750. The van der Waals surface area contributed by atoms with Crippen LogP contribution in [0.5, 0.6) is 0 Å². The zero-order valence-electron chi connectivity index (χ0n) is 16.1. The van der Waals surface area contributed by atoms with Crippen LogP contribution in [0.4, 0.5) is 0 Å². The molecule has 0 aliphatic heterocycles. The van der Waals surface area contributed by atoms with Crippen LogP contribution in [-0.2, 0) is 45.0 Å². The van der Waals surface area contributed by atoms with Crippen molar-refractivity contribution in [1.29, 1.82) is 0 Å². The minimum Gasteiger partial charge on any atom is -0.550 e. The van der Waals surface area contributed by atoms with Crippen LogP contribution in [0.2, 0.25) is 0 Å². The molecule has 144 valence electrons. The van der Waals surface area contributed by atoms with Crippen molar-refractivity contribution in [3.63, 3.8) is 0 Å². The predicted octanol–water partition coefficient (Wildman–Crippen LogP) is -2.43. The molecule has 0 heterocycles. The van der Waals surface area contributed by atoms with E-state index in [1.807, 2.05) is 0 Å². The molecule has 0 aromatic rings. The summed E-state index contributed by atoms with van der Waals surface area (Å²) < 4.78 is 0. The van der Waals surface area contributed by atoms with Gasteiger partial charge in [0.2, 0.25) is 0 Å². The van der Waals surface area contributed by atoms with Crippen molar-refractivity contribution >= 4 is 23.9 Å². The van der Waals surface area contributed by atoms with Gasteiger partial charge in [-0.1, -0.05) is 55.4 Å². The molecule has 25 heavy (non-hydrogen) atoms. The van der Waals surface area contributed by atoms with Crippen LogP contribution in [0.25, 0.3) is 0 Å². The summed E-state index contributed by atoms with van der Waals surface area (Å²) in [5, 5.41) is 38.4. The van der Waals surface area contributed by atoms with Crippen molar-refractivity contribution in [1.82, 2.24) is 0 Å². The molecule has 0 amide bonds. The van der Waals surface area contributed by atoms with Gasteiger partial charge in [0.15, 0.2) is 0 Å². The van der Waals surface area contributed by atoms with Gasteiger partial charge in [-0.2, -0.15) is 0 Å². The fourth-order valence-corrected chi connectivity index (χ4v) is 0. The maximum atomic E-state index is 9.59. The van der Waals surface area contributed by atoms with Crippen molar-refractivity contribution in [3.05, 3.63) is 0 Å². The van der Waals surface area contributed by atoms with Crippen molar-refractivity contribution in [2.24, 2.45) is 23.7 Å². The quantitative estimate of drug-likeness (QED) is 0.365. The molecule has 0 atom stereocenters. The Morgan fingerprint density at radius 1 is 0.440 bits per heavy atom. The molecule has 0 aliphatic carbocycles. The SMILES string of the molecule is CC(C)C(=O)[O-].CC(C)C(=O)[O-].CC(C)C(=O)[O-].CC(C)C(=O)[O-].[Hf+4]. The standard InChI is InChI=1S/4C4H8O2.Hf/c4*1-3(2)4(5)6;/h4*3H,1-2H3,(H,5,6);/q;;;;+4/p-4. The Bertz CT molecular complexity index is 304. The molecule has 0 fully saturated rings. The van der Waals surface area contributed by atoms with Crippen molar-refractivity contribution in [3.8, 4) is 0 Å². The van der Waals surface area contributed by atoms with Crippen LogP contribution in [0.1, 0.15) is 55.4 Å². The zero-order valence-corrected chi connectivity index (χ0v) is 19.7. The first-order valence-electron chi connectivity index (χ1n) is 7.41. The third-order valence-electron chi connectivity index (χ3n) is 1.89. The second-order valence-corrected chi connectivity index (χ2v) is 5.89. The Morgan fingerprint density at radius 2 is 0.480 bits per heavy atom. The van der Waals surface area contributed by atoms with Crippen LogP contribution in [0.3, 0.4) is 0 Å². The van der Waals surface area contributed by atoms with E-state index in [1.54, 1.807) is 55.4 Å². The Hall–Kier alpha value is -1.25. The second kappa shape index (κ2) is 20.8. The van der Waals surface area contributed by atoms with Crippen LogP contribution < -0.4 is 20.4 Å². The summed E-state index contributed by atoms with van der Waals surface area (Å²) in [6.45, 7) is 12.6. The molecule has 0 spiro atoms. The molecule has 0 aromatic carbocycles. The molecule has 9 heteroatoms. The number of hydrogen-bond donors (Lipinski definition) is 0. The molecule has 0 radical (unpaired) electrons. The van der Waals surface area contributed by atoms with Crippen LogP contribution in [0, 0.1) is 23.7 Å². The van der Waals surface area contributed by atoms with Gasteiger partial charge in [-0.05, 0) is 23.7 Å². The number of hydrogen-bond acceptors (Lipinski definition) is 8. The van der Waals surface area contributed by atoms with E-state index >= 15 is 0 Å². The van der Waals surface area contributed by atoms with E-state index in [0.29, 0.717) is 0 Å². The largest absolute Gasteiger partial charge is 4.00 e. The molecule has 0 unspecified atom stereocenters. The van der Waals surface area contributed by atoms with Crippen molar-refractivity contribution < 1.29 is 65.4 Å². The van der Waals surface area contributed by atoms with E-state index in [-0.39, 0.29) is 49.5 Å². The fourth-order valence-electron chi connectivity index (χ4n) is 0. The number of carbonyl (C=O) groups excluding carboxylic acids is 4. The molecule has 0 N–H and O–H groups in total. The minimum atomic E-state index is -0.991. The smallest absolute Gasteiger partial charge is 0.550 e. The third-order valence-corrected chi connectivity index (χ3v) is 1.89. The second-order valence-electron chi connectivity index (χ2n) is 5.89. The van der Waals surface area contributed by atoms with Crippen LogP contribution >= 0.6 is 0 Å².